The van der Waals surface area contributed by atoms with Crippen molar-refractivity contribution in [1.29, 1.82) is 0 Å². The monoisotopic (exact) mass is 535 g/mol. The fourth-order valence-corrected chi connectivity index (χ4v) is 4.93. The second-order valence-corrected chi connectivity index (χ2v) is 11.1. The molecule has 8 heteroatoms. The maximum Gasteiger partial charge on any atom is 0.418 e. The van der Waals surface area contributed by atoms with Gasteiger partial charge in [0.25, 0.3) is 0 Å². The van der Waals surface area contributed by atoms with Crippen molar-refractivity contribution in [2.75, 3.05) is 31.7 Å². The quantitative estimate of drug-likeness (QED) is 0.272. The number of methoxy groups -OCH3 is 1. The topological polar surface area (TPSA) is 73.2 Å². The van der Waals surface area contributed by atoms with Crippen LogP contribution in [0.4, 0.5) is 15.3 Å². The molecule has 39 heavy (non-hydrogen) atoms. The van der Waals surface area contributed by atoms with E-state index in [4.69, 9.17) is 14.2 Å². The van der Waals surface area contributed by atoms with Gasteiger partial charge in [0.05, 0.1) is 19.2 Å². The molecule has 0 radical (unpaired) electrons. The molecule has 0 unspecified atom stereocenters. The van der Waals surface area contributed by atoms with E-state index in [-0.39, 0.29) is 6.03 Å². The molecule has 0 aliphatic carbocycles. The number of hydrogen-bond donors (Lipinski definition) is 0. The van der Waals surface area contributed by atoms with Crippen LogP contribution in [-0.2, 0) is 11.3 Å². The fourth-order valence-electron chi connectivity index (χ4n) is 4.93. The molecule has 8 nitrogen and oxygen atoms in total. The maximum atomic E-state index is 13.7. The molecule has 2 amide bonds. The molecule has 4 rings (SSSR count). The molecule has 0 atom stereocenters. The van der Waals surface area contributed by atoms with Crippen LogP contribution in [0.15, 0.2) is 42.6 Å². The lowest BCUT2D eigenvalue weighted by Crippen LogP contribution is -2.49. The first-order chi connectivity index (χ1) is 18.6. The van der Waals surface area contributed by atoms with Crippen molar-refractivity contribution in [2.45, 2.75) is 72.4 Å². The van der Waals surface area contributed by atoms with Gasteiger partial charge in [0.1, 0.15) is 5.60 Å². The third kappa shape index (κ3) is 6.67. The number of nitrogens with zero attached hydrogens (tertiary/aromatic N) is 3. The Morgan fingerprint density at radius 3 is 2.54 bits per heavy atom. The van der Waals surface area contributed by atoms with Crippen LogP contribution in [0.5, 0.6) is 11.5 Å². The number of urea groups is 1. The van der Waals surface area contributed by atoms with Crippen LogP contribution >= 0.6 is 0 Å². The van der Waals surface area contributed by atoms with Gasteiger partial charge in [-0.15, -0.1) is 0 Å². The van der Waals surface area contributed by atoms with E-state index in [1.165, 1.54) is 0 Å². The van der Waals surface area contributed by atoms with Gasteiger partial charge in [0, 0.05) is 43.0 Å². The molecular weight excluding hydrogens is 494 g/mol. The van der Waals surface area contributed by atoms with Gasteiger partial charge in [-0.3, -0.25) is 9.47 Å². The molecular formula is C31H41N3O5. The van der Waals surface area contributed by atoms with E-state index >= 15 is 0 Å². The minimum Gasteiger partial charge on any atom is -0.493 e. The second-order valence-electron chi connectivity index (χ2n) is 11.1. The van der Waals surface area contributed by atoms with E-state index in [1.54, 1.807) is 22.8 Å². The Balaban J connectivity index is 1.56. The minimum atomic E-state index is -0.591. The zero-order chi connectivity index (χ0) is 28.2. The molecule has 2 heterocycles. The summed E-state index contributed by atoms with van der Waals surface area (Å²) in [5.74, 6) is 1.31. The number of carbonyl (C=O) groups is 2. The molecule has 1 aromatic heterocycles. The highest BCUT2D eigenvalue weighted by Crippen LogP contribution is 2.34. The van der Waals surface area contributed by atoms with Crippen molar-refractivity contribution in [1.82, 2.24) is 9.47 Å². The van der Waals surface area contributed by atoms with E-state index in [2.05, 4.69) is 13.0 Å². The molecule has 210 valence electrons. The van der Waals surface area contributed by atoms with Gasteiger partial charge >= 0.3 is 12.1 Å². The van der Waals surface area contributed by atoms with Gasteiger partial charge < -0.3 is 19.1 Å². The molecule has 0 bridgehead atoms. The molecule has 0 saturated carbocycles. The summed E-state index contributed by atoms with van der Waals surface area (Å²) in [6, 6.07) is 11.6. The molecule has 2 aromatic carbocycles. The highest BCUT2D eigenvalue weighted by atomic mass is 16.6. The predicted molar refractivity (Wildman–Crippen MR) is 154 cm³/mol. The number of fused-ring (bicyclic) bond motifs is 1. The van der Waals surface area contributed by atoms with Gasteiger partial charge in [-0.2, -0.15) is 0 Å². The fraction of sp³-hybridized carbons (Fsp3) is 0.484. The van der Waals surface area contributed by atoms with Crippen LogP contribution in [0, 0.1) is 6.92 Å². The Kier molecular flexibility index (Phi) is 8.73. The highest BCUT2D eigenvalue weighted by molar-refractivity contribution is 5.95. The first kappa shape index (κ1) is 28.3. The normalized spacial score (nSPS) is 14.2. The molecule has 3 aromatic rings. The Hall–Kier alpha value is -3.68. The van der Waals surface area contributed by atoms with Gasteiger partial charge in [0.2, 0.25) is 0 Å². The first-order valence-corrected chi connectivity index (χ1v) is 13.8. The number of hydrogen-bond acceptors (Lipinski definition) is 5. The lowest BCUT2D eigenvalue weighted by atomic mass is 10.1. The number of rotatable bonds is 9. The summed E-state index contributed by atoms with van der Waals surface area (Å²) in [6.45, 7) is 12.1. The molecule has 0 spiro atoms. The van der Waals surface area contributed by atoms with E-state index < -0.39 is 11.7 Å². The van der Waals surface area contributed by atoms with Crippen molar-refractivity contribution in [2.24, 2.45) is 0 Å². The molecule has 0 N–H and O–H groups in total. The van der Waals surface area contributed by atoms with Crippen LogP contribution in [0.1, 0.15) is 64.5 Å². The van der Waals surface area contributed by atoms with Crippen molar-refractivity contribution < 1.29 is 23.8 Å². The van der Waals surface area contributed by atoms with E-state index in [0.717, 1.165) is 53.4 Å². The Morgan fingerprint density at radius 1 is 1.03 bits per heavy atom. The highest BCUT2D eigenvalue weighted by Gasteiger charge is 2.28. The maximum absolute atomic E-state index is 13.7. The molecule has 1 fully saturated rings. The summed E-state index contributed by atoms with van der Waals surface area (Å²) in [4.78, 5) is 30.2. The van der Waals surface area contributed by atoms with E-state index in [0.29, 0.717) is 37.7 Å². The Labute approximate surface area is 231 Å². The van der Waals surface area contributed by atoms with Crippen LogP contribution in [0.25, 0.3) is 10.9 Å². The third-order valence-electron chi connectivity index (χ3n) is 6.76. The first-order valence-electron chi connectivity index (χ1n) is 13.8. The minimum absolute atomic E-state index is 0.0513. The summed E-state index contributed by atoms with van der Waals surface area (Å²) < 4.78 is 18.6. The molecule has 1 aliphatic heterocycles. The second kappa shape index (κ2) is 12.0. The summed E-state index contributed by atoms with van der Waals surface area (Å²) in [5, 5.41) is 0.934. The number of ether oxygens (including phenoxy) is 3. The number of anilines is 1. The standard InChI is InChI=1S/C31H41N3O5/c1-7-8-9-17-38-28-20-24(11-12-27(28)37-6)33-15-10-14-32(29(33)35)21-23-18-22(2)19-26-25(23)13-16-34(26)30(36)39-31(3,4)5/h11-13,16,18-20H,7-10,14-15,17,21H2,1-6H3. The number of aryl methyl sites for hydroxylation is 1. The van der Waals surface area contributed by atoms with Crippen molar-refractivity contribution in [3.8, 4) is 11.5 Å². The Bertz CT molecular complexity index is 1320. The average molecular weight is 536 g/mol. The summed E-state index contributed by atoms with van der Waals surface area (Å²) >= 11 is 0. The SMILES string of the molecule is CCCCCOc1cc(N2CCCN(Cc3cc(C)cc4c3ccn4C(=O)OC(C)(C)C)C2=O)ccc1OC. The largest absolute Gasteiger partial charge is 0.493 e. The zero-order valence-corrected chi connectivity index (χ0v) is 24.1. The van der Waals surface area contributed by atoms with Crippen LogP contribution < -0.4 is 14.4 Å². The molecule has 1 aliphatic rings. The van der Waals surface area contributed by atoms with Crippen molar-refractivity contribution >= 4 is 28.7 Å². The van der Waals surface area contributed by atoms with Crippen molar-refractivity contribution in [3.63, 3.8) is 0 Å². The lowest BCUT2D eigenvalue weighted by molar-refractivity contribution is 0.0544. The smallest absolute Gasteiger partial charge is 0.418 e. The third-order valence-corrected chi connectivity index (χ3v) is 6.76. The van der Waals surface area contributed by atoms with Gasteiger partial charge in [0.15, 0.2) is 11.5 Å². The van der Waals surface area contributed by atoms with Crippen LogP contribution in [0.3, 0.4) is 0 Å². The summed E-state index contributed by atoms with van der Waals surface area (Å²) in [6.07, 6.45) is 5.37. The lowest BCUT2D eigenvalue weighted by Gasteiger charge is -2.36. The van der Waals surface area contributed by atoms with Crippen LogP contribution in [0.2, 0.25) is 0 Å². The van der Waals surface area contributed by atoms with Crippen LogP contribution in [-0.4, -0.2) is 54.0 Å². The number of amides is 2. The summed E-state index contributed by atoms with van der Waals surface area (Å²) in [7, 11) is 1.63. The average Bonchev–Trinajstić information content (AvgIpc) is 3.31. The number of benzene rings is 2. The predicted octanol–water partition coefficient (Wildman–Crippen LogP) is 7.14. The van der Waals surface area contributed by atoms with Gasteiger partial charge in [-0.25, -0.2) is 9.59 Å². The zero-order valence-electron chi connectivity index (χ0n) is 24.1. The van der Waals surface area contributed by atoms with Gasteiger partial charge in [-0.05, 0) is 75.9 Å². The number of aromatic nitrogens is 1. The number of carbonyl (C=O) groups excluding carboxylic acids is 2. The molecule has 1 saturated heterocycles. The van der Waals surface area contributed by atoms with E-state index in [9.17, 15) is 9.59 Å². The number of unbranched alkanes of at least 4 members (excludes halogenated alkanes) is 2. The van der Waals surface area contributed by atoms with Gasteiger partial charge in [-0.1, -0.05) is 25.8 Å². The van der Waals surface area contributed by atoms with E-state index in [1.807, 2.05) is 62.9 Å². The Morgan fingerprint density at radius 2 is 1.82 bits per heavy atom. The summed E-state index contributed by atoms with van der Waals surface area (Å²) in [5.41, 5.74) is 2.99. The van der Waals surface area contributed by atoms with Crippen molar-refractivity contribution in [3.05, 3.63) is 53.7 Å².